The fourth-order valence-corrected chi connectivity index (χ4v) is 2.48. The third-order valence-corrected chi connectivity index (χ3v) is 4.51. The number of nitrogens with zero attached hydrogens (tertiary/aromatic N) is 3. The minimum absolute atomic E-state index is 0. The number of halogens is 1. The van der Waals surface area contributed by atoms with Gasteiger partial charge >= 0.3 is 0 Å². The lowest BCUT2D eigenvalue weighted by atomic mass is 10.1. The van der Waals surface area contributed by atoms with Gasteiger partial charge in [0.15, 0.2) is 5.96 Å². The van der Waals surface area contributed by atoms with Crippen molar-refractivity contribution in [1.29, 1.82) is 0 Å². The van der Waals surface area contributed by atoms with E-state index in [0.717, 1.165) is 51.6 Å². The quantitative estimate of drug-likeness (QED) is 0.294. The molecule has 5 nitrogen and oxygen atoms in total. The maximum atomic E-state index is 4.71. The molecule has 1 aromatic carbocycles. The summed E-state index contributed by atoms with van der Waals surface area (Å²) in [7, 11) is 4.32. The van der Waals surface area contributed by atoms with Crippen LogP contribution >= 0.6 is 24.0 Å². The van der Waals surface area contributed by atoms with E-state index in [-0.39, 0.29) is 24.0 Å². The summed E-state index contributed by atoms with van der Waals surface area (Å²) in [6.07, 6.45) is 1.05. The normalized spacial score (nSPS) is 12.8. The number of benzene rings is 1. The standard InChI is InChI=1S/C20H37N5.HI/c1-6-21-20(23-15-16-24(4)7-2)22-14-13-18(3)25(5)17-19-11-9-8-10-12-19;/h8-12,18H,6-7,13-17H2,1-5H3,(H2,21,22,23);1H. The molecule has 0 aliphatic heterocycles. The zero-order valence-electron chi connectivity index (χ0n) is 17.2. The van der Waals surface area contributed by atoms with E-state index in [1.165, 1.54) is 5.56 Å². The van der Waals surface area contributed by atoms with Crippen LogP contribution in [0, 0.1) is 0 Å². The minimum Gasteiger partial charge on any atom is -0.357 e. The van der Waals surface area contributed by atoms with Crippen molar-refractivity contribution >= 4 is 29.9 Å². The van der Waals surface area contributed by atoms with Gasteiger partial charge in [0.25, 0.3) is 0 Å². The third kappa shape index (κ3) is 11.0. The molecule has 0 bridgehead atoms. The SMILES string of the molecule is CCNC(=NCCC(C)N(C)Cc1ccccc1)NCCN(C)CC.I. The first-order valence-electron chi connectivity index (χ1n) is 9.51. The molecule has 1 atom stereocenters. The molecular weight excluding hydrogens is 437 g/mol. The Balaban J connectivity index is 0.00000625. The van der Waals surface area contributed by atoms with Crippen LogP contribution < -0.4 is 10.6 Å². The monoisotopic (exact) mass is 475 g/mol. The average Bonchev–Trinajstić information content (AvgIpc) is 2.62. The van der Waals surface area contributed by atoms with Gasteiger partial charge in [-0.1, -0.05) is 37.3 Å². The molecule has 0 amide bonds. The first kappa shape index (κ1) is 25.1. The number of hydrogen-bond acceptors (Lipinski definition) is 3. The second-order valence-corrected chi connectivity index (χ2v) is 6.62. The Morgan fingerprint density at radius 2 is 1.81 bits per heavy atom. The molecule has 0 saturated carbocycles. The predicted molar refractivity (Wildman–Crippen MR) is 125 cm³/mol. The van der Waals surface area contributed by atoms with Crippen molar-refractivity contribution in [3.05, 3.63) is 35.9 Å². The van der Waals surface area contributed by atoms with E-state index in [1.807, 2.05) is 0 Å². The van der Waals surface area contributed by atoms with Crippen molar-refractivity contribution in [3.63, 3.8) is 0 Å². The summed E-state index contributed by atoms with van der Waals surface area (Å²) in [6, 6.07) is 11.1. The van der Waals surface area contributed by atoms with Gasteiger partial charge in [0.1, 0.15) is 0 Å². The fraction of sp³-hybridized carbons (Fsp3) is 0.650. The van der Waals surface area contributed by atoms with E-state index in [2.05, 4.69) is 85.6 Å². The lowest BCUT2D eigenvalue weighted by molar-refractivity contribution is 0.240. The van der Waals surface area contributed by atoms with Crippen molar-refractivity contribution in [2.24, 2.45) is 4.99 Å². The van der Waals surface area contributed by atoms with Crippen molar-refractivity contribution < 1.29 is 0 Å². The fourth-order valence-electron chi connectivity index (χ4n) is 2.48. The van der Waals surface area contributed by atoms with Crippen LogP contribution in [0.1, 0.15) is 32.8 Å². The Labute approximate surface area is 177 Å². The minimum atomic E-state index is 0. The topological polar surface area (TPSA) is 42.9 Å². The summed E-state index contributed by atoms with van der Waals surface area (Å²) in [5.74, 6) is 0.921. The zero-order valence-corrected chi connectivity index (χ0v) is 19.5. The van der Waals surface area contributed by atoms with Crippen LogP contribution in [0.2, 0.25) is 0 Å². The largest absolute Gasteiger partial charge is 0.357 e. The average molecular weight is 475 g/mol. The van der Waals surface area contributed by atoms with Gasteiger partial charge < -0.3 is 15.5 Å². The number of guanidine groups is 1. The summed E-state index contributed by atoms with van der Waals surface area (Å²) in [6.45, 7) is 12.3. The number of aliphatic imine (C=N–C) groups is 1. The highest BCUT2D eigenvalue weighted by Crippen LogP contribution is 2.08. The van der Waals surface area contributed by atoms with Crippen molar-refractivity contribution in [2.45, 2.75) is 39.8 Å². The van der Waals surface area contributed by atoms with Crippen LogP contribution in [0.25, 0.3) is 0 Å². The van der Waals surface area contributed by atoms with Gasteiger partial charge in [0.05, 0.1) is 0 Å². The summed E-state index contributed by atoms with van der Waals surface area (Å²) >= 11 is 0. The number of nitrogens with one attached hydrogen (secondary N) is 2. The molecule has 26 heavy (non-hydrogen) atoms. The molecule has 150 valence electrons. The number of rotatable bonds is 11. The molecular formula is C20H38IN5. The molecule has 0 aliphatic rings. The molecule has 0 aliphatic carbocycles. The Bertz CT molecular complexity index is 480. The molecule has 0 saturated heterocycles. The second-order valence-electron chi connectivity index (χ2n) is 6.62. The van der Waals surface area contributed by atoms with Crippen LogP contribution in [0.5, 0.6) is 0 Å². The molecule has 0 radical (unpaired) electrons. The van der Waals surface area contributed by atoms with Crippen LogP contribution in [0.3, 0.4) is 0 Å². The second kappa shape index (κ2) is 15.2. The van der Waals surface area contributed by atoms with Gasteiger partial charge in [0.2, 0.25) is 0 Å². The van der Waals surface area contributed by atoms with Crippen LogP contribution in [-0.4, -0.2) is 68.6 Å². The summed E-state index contributed by atoms with van der Waals surface area (Å²) in [5, 5.41) is 6.74. The lowest BCUT2D eigenvalue weighted by Crippen LogP contribution is -2.41. The van der Waals surface area contributed by atoms with E-state index in [1.54, 1.807) is 0 Å². The van der Waals surface area contributed by atoms with Gasteiger partial charge in [-0.2, -0.15) is 0 Å². The van der Waals surface area contributed by atoms with Gasteiger partial charge in [-0.05, 0) is 46.5 Å². The highest BCUT2D eigenvalue weighted by molar-refractivity contribution is 14.0. The zero-order chi connectivity index (χ0) is 18.5. The summed E-state index contributed by atoms with van der Waals surface area (Å²) in [4.78, 5) is 9.39. The number of likely N-dealkylation sites (N-methyl/N-ethyl adjacent to an activating group) is 1. The molecule has 1 aromatic rings. The molecule has 2 N–H and O–H groups in total. The first-order valence-corrected chi connectivity index (χ1v) is 9.51. The third-order valence-electron chi connectivity index (χ3n) is 4.51. The van der Waals surface area contributed by atoms with Gasteiger partial charge in [0, 0.05) is 38.8 Å². The molecule has 1 unspecified atom stereocenters. The van der Waals surface area contributed by atoms with Gasteiger partial charge in [-0.15, -0.1) is 24.0 Å². The highest BCUT2D eigenvalue weighted by atomic mass is 127. The summed E-state index contributed by atoms with van der Waals surface area (Å²) < 4.78 is 0. The lowest BCUT2D eigenvalue weighted by Gasteiger charge is -2.24. The van der Waals surface area contributed by atoms with E-state index >= 15 is 0 Å². The molecule has 6 heteroatoms. The van der Waals surface area contributed by atoms with E-state index < -0.39 is 0 Å². The van der Waals surface area contributed by atoms with E-state index in [0.29, 0.717) is 6.04 Å². The van der Waals surface area contributed by atoms with Crippen molar-refractivity contribution in [1.82, 2.24) is 20.4 Å². The first-order chi connectivity index (χ1) is 12.1. The number of hydrogen-bond donors (Lipinski definition) is 2. The van der Waals surface area contributed by atoms with E-state index in [9.17, 15) is 0 Å². The smallest absolute Gasteiger partial charge is 0.191 e. The molecule has 0 spiro atoms. The Morgan fingerprint density at radius 1 is 1.12 bits per heavy atom. The summed E-state index contributed by atoms with van der Waals surface area (Å²) in [5.41, 5.74) is 1.36. The molecule has 0 aromatic heterocycles. The molecule has 0 heterocycles. The Hall–Kier alpha value is -0.860. The Morgan fingerprint density at radius 3 is 2.42 bits per heavy atom. The predicted octanol–water partition coefficient (Wildman–Crippen LogP) is 3.02. The maximum absolute atomic E-state index is 4.71. The van der Waals surface area contributed by atoms with Crippen LogP contribution in [0.15, 0.2) is 35.3 Å². The van der Waals surface area contributed by atoms with Crippen molar-refractivity contribution in [3.8, 4) is 0 Å². The highest BCUT2D eigenvalue weighted by Gasteiger charge is 2.09. The van der Waals surface area contributed by atoms with Gasteiger partial charge in [-0.25, -0.2) is 0 Å². The molecule has 1 rings (SSSR count). The van der Waals surface area contributed by atoms with Gasteiger partial charge in [-0.3, -0.25) is 9.89 Å². The van der Waals surface area contributed by atoms with Crippen LogP contribution in [-0.2, 0) is 6.54 Å². The van der Waals surface area contributed by atoms with Crippen LogP contribution in [0.4, 0.5) is 0 Å². The maximum Gasteiger partial charge on any atom is 0.191 e. The van der Waals surface area contributed by atoms with Crippen molar-refractivity contribution in [2.75, 3.05) is 46.8 Å². The molecule has 0 fully saturated rings. The van der Waals surface area contributed by atoms with E-state index in [4.69, 9.17) is 4.99 Å². The Kier molecular flexibility index (Phi) is 14.7.